The Kier molecular flexibility index (Phi) is 3.21. The maximum atomic E-state index is 10.9. The molecule has 0 aliphatic carbocycles. The molecule has 1 saturated heterocycles. The largest absolute Gasteiger partial charge is 0.478 e. The minimum absolute atomic E-state index is 0.294. The zero-order chi connectivity index (χ0) is 13.2. The quantitative estimate of drug-likeness (QED) is 0.880. The molecule has 0 unspecified atom stereocenters. The van der Waals surface area contributed by atoms with Gasteiger partial charge in [0.25, 0.3) is 0 Å². The lowest BCUT2D eigenvalue weighted by molar-refractivity contribution is 0.0697. The van der Waals surface area contributed by atoms with Crippen LogP contribution in [-0.4, -0.2) is 45.6 Å². The Balaban J connectivity index is 1.75. The SMILES string of the molecule is O=C(O)c1ccc2nc(CCN3CCCC3)[nH]c2c1. The molecule has 19 heavy (non-hydrogen) atoms. The minimum Gasteiger partial charge on any atom is -0.478 e. The first-order chi connectivity index (χ1) is 9.22. The van der Waals surface area contributed by atoms with Crippen LogP contribution in [0, 0.1) is 0 Å². The molecule has 2 N–H and O–H groups in total. The number of rotatable bonds is 4. The lowest BCUT2D eigenvalue weighted by Crippen LogP contribution is -2.22. The number of aromatic amines is 1. The van der Waals surface area contributed by atoms with Crippen molar-refractivity contribution in [3.8, 4) is 0 Å². The normalized spacial score (nSPS) is 16.2. The first kappa shape index (κ1) is 12.2. The van der Waals surface area contributed by atoms with Gasteiger partial charge in [0.05, 0.1) is 16.6 Å². The molecule has 100 valence electrons. The number of carboxylic acid groups (broad SMARTS) is 1. The summed E-state index contributed by atoms with van der Waals surface area (Å²) in [4.78, 5) is 21.1. The van der Waals surface area contributed by atoms with E-state index < -0.39 is 5.97 Å². The van der Waals surface area contributed by atoms with Gasteiger partial charge in [0, 0.05) is 13.0 Å². The van der Waals surface area contributed by atoms with Gasteiger partial charge in [-0.05, 0) is 44.1 Å². The van der Waals surface area contributed by atoms with Gasteiger partial charge in [0.2, 0.25) is 0 Å². The average molecular weight is 259 g/mol. The van der Waals surface area contributed by atoms with Crippen LogP contribution in [0.4, 0.5) is 0 Å². The molecule has 0 radical (unpaired) electrons. The zero-order valence-electron chi connectivity index (χ0n) is 10.7. The van der Waals surface area contributed by atoms with Crippen LogP contribution in [0.25, 0.3) is 11.0 Å². The van der Waals surface area contributed by atoms with E-state index >= 15 is 0 Å². The van der Waals surface area contributed by atoms with Gasteiger partial charge in [-0.15, -0.1) is 0 Å². The van der Waals surface area contributed by atoms with Crippen molar-refractivity contribution in [1.82, 2.24) is 14.9 Å². The molecular formula is C14H17N3O2. The third kappa shape index (κ3) is 2.61. The third-order valence-electron chi connectivity index (χ3n) is 3.64. The van der Waals surface area contributed by atoms with E-state index in [1.165, 1.54) is 25.9 Å². The fourth-order valence-corrected chi connectivity index (χ4v) is 2.58. The number of hydrogen-bond acceptors (Lipinski definition) is 3. The summed E-state index contributed by atoms with van der Waals surface area (Å²) >= 11 is 0. The maximum Gasteiger partial charge on any atom is 0.335 e. The van der Waals surface area contributed by atoms with Crippen LogP contribution in [0.3, 0.4) is 0 Å². The van der Waals surface area contributed by atoms with Crippen molar-refractivity contribution in [2.45, 2.75) is 19.3 Å². The number of carbonyl (C=O) groups is 1. The highest BCUT2D eigenvalue weighted by Gasteiger charge is 2.12. The Bertz CT molecular complexity index is 600. The van der Waals surface area contributed by atoms with E-state index in [1.54, 1.807) is 18.2 Å². The molecule has 0 atom stereocenters. The molecule has 0 saturated carbocycles. The predicted molar refractivity (Wildman–Crippen MR) is 72.4 cm³/mol. The van der Waals surface area contributed by atoms with Crippen LogP contribution in [0.2, 0.25) is 0 Å². The second-order valence-electron chi connectivity index (χ2n) is 5.02. The van der Waals surface area contributed by atoms with E-state index in [-0.39, 0.29) is 0 Å². The standard InChI is InChI=1S/C14H17N3O2/c18-14(19)10-3-4-11-12(9-10)16-13(15-11)5-8-17-6-1-2-7-17/h3-4,9H,1-2,5-8H2,(H,15,16)(H,18,19). The molecule has 0 bridgehead atoms. The molecule has 1 fully saturated rings. The number of likely N-dealkylation sites (tertiary alicyclic amines) is 1. The number of fused-ring (bicyclic) bond motifs is 1. The summed E-state index contributed by atoms with van der Waals surface area (Å²) in [5.74, 6) is 0.0274. The monoisotopic (exact) mass is 259 g/mol. The van der Waals surface area contributed by atoms with Crippen molar-refractivity contribution in [1.29, 1.82) is 0 Å². The second kappa shape index (κ2) is 5.01. The van der Waals surface area contributed by atoms with E-state index in [9.17, 15) is 4.79 Å². The molecule has 2 heterocycles. The number of carboxylic acids is 1. The van der Waals surface area contributed by atoms with Crippen LogP contribution >= 0.6 is 0 Å². The summed E-state index contributed by atoms with van der Waals surface area (Å²) in [6.45, 7) is 3.39. The van der Waals surface area contributed by atoms with Gasteiger partial charge in [-0.25, -0.2) is 9.78 Å². The number of aromatic nitrogens is 2. The topological polar surface area (TPSA) is 69.2 Å². The highest BCUT2D eigenvalue weighted by atomic mass is 16.4. The Morgan fingerprint density at radius 3 is 2.89 bits per heavy atom. The smallest absolute Gasteiger partial charge is 0.335 e. The summed E-state index contributed by atoms with van der Waals surface area (Å²) in [6.07, 6.45) is 3.47. The van der Waals surface area contributed by atoms with E-state index in [4.69, 9.17) is 5.11 Å². The van der Waals surface area contributed by atoms with E-state index in [2.05, 4.69) is 14.9 Å². The molecule has 5 nitrogen and oxygen atoms in total. The molecule has 5 heteroatoms. The van der Waals surface area contributed by atoms with Gasteiger partial charge in [0.1, 0.15) is 5.82 Å². The van der Waals surface area contributed by atoms with E-state index in [1.807, 2.05) is 0 Å². The third-order valence-corrected chi connectivity index (χ3v) is 3.64. The Morgan fingerprint density at radius 1 is 1.37 bits per heavy atom. The Hall–Kier alpha value is -1.88. The lowest BCUT2D eigenvalue weighted by atomic mass is 10.2. The molecule has 3 rings (SSSR count). The predicted octanol–water partition coefficient (Wildman–Crippen LogP) is 1.90. The molecule has 1 aromatic heterocycles. The van der Waals surface area contributed by atoms with Crippen LogP contribution in [-0.2, 0) is 6.42 Å². The number of imidazole rings is 1. The van der Waals surface area contributed by atoms with Crippen molar-refractivity contribution in [3.63, 3.8) is 0 Å². The summed E-state index contributed by atoms with van der Waals surface area (Å²) in [5, 5.41) is 8.96. The summed E-state index contributed by atoms with van der Waals surface area (Å²) < 4.78 is 0. The molecule has 2 aromatic rings. The van der Waals surface area contributed by atoms with Crippen LogP contribution in [0.5, 0.6) is 0 Å². The Morgan fingerprint density at radius 2 is 2.16 bits per heavy atom. The van der Waals surface area contributed by atoms with Crippen molar-refractivity contribution in [2.24, 2.45) is 0 Å². The summed E-state index contributed by atoms with van der Waals surface area (Å²) in [5.41, 5.74) is 1.93. The van der Waals surface area contributed by atoms with Gasteiger partial charge >= 0.3 is 5.97 Å². The summed E-state index contributed by atoms with van der Waals surface area (Å²) in [6, 6.07) is 4.99. The zero-order valence-corrected chi connectivity index (χ0v) is 10.7. The van der Waals surface area contributed by atoms with Gasteiger partial charge in [-0.1, -0.05) is 0 Å². The number of benzene rings is 1. The first-order valence-electron chi connectivity index (χ1n) is 6.67. The lowest BCUT2D eigenvalue weighted by Gasteiger charge is -2.12. The van der Waals surface area contributed by atoms with Crippen LogP contribution in [0.15, 0.2) is 18.2 Å². The number of nitrogens with zero attached hydrogens (tertiary/aromatic N) is 2. The van der Waals surface area contributed by atoms with Gasteiger partial charge < -0.3 is 15.0 Å². The molecule has 1 aliphatic heterocycles. The van der Waals surface area contributed by atoms with Crippen LogP contribution < -0.4 is 0 Å². The molecule has 1 aliphatic rings. The summed E-state index contributed by atoms with van der Waals surface area (Å²) in [7, 11) is 0. The fraction of sp³-hybridized carbons (Fsp3) is 0.429. The number of aromatic carboxylic acids is 1. The average Bonchev–Trinajstić information content (AvgIpc) is 3.04. The second-order valence-corrected chi connectivity index (χ2v) is 5.02. The van der Waals surface area contributed by atoms with Gasteiger partial charge in [-0.2, -0.15) is 0 Å². The fourth-order valence-electron chi connectivity index (χ4n) is 2.58. The molecular weight excluding hydrogens is 242 g/mol. The van der Waals surface area contributed by atoms with Crippen LogP contribution in [0.1, 0.15) is 29.0 Å². The maximum absolute atomic E-state index is 10.9. The minimum atomic E-state index is -0.907. The van der Waals surface area contributed by atoms with Gasteiger partial charge in [-0.3, -0.25) is 0 Å². The van der Waals surface area contributed by atoms with E-state index in [0.717, 1.165) is 29.8 Å². The van der Waals surface area contributed by atoms with Crippen molar-refractivity contribution >= 4 is 17.0 Å². The Labute approximate surface area is 111 Å². The van der Waals surface area contributed by atoms with Crippen molar-refractivity contribution in [3.05, 3.63) is 29.6 Å². The van der Waals surface area contributed by atoms with Gasteiger partial charge in [0.15, 0.2) is 0 Å². The van der Waals surface area contributed by atoms with Crippen molar-refractivity contribution < 1.29 is 9.90 Å². The highest BCUT2D eigenvalue weighted by Crippen LogP contribution is 2.15. The number of hydrogen-bond donors (Lipinski definition) is 2. The molecule has 0 amide bonds. The highest BCUT2D eigenvalue weighted by molar-refractivity contribution is 5.92. The number of nitrogens with one attached hydrogen (secondary N) is 1. The first-order valence-corrected chi connectivity index (χ1v) is 6.67. The number of H-pyrrole nitrogens is 1. The van der Waals surface area contributed by atoms with Crippen molar-refractivity contribution in [2.75, 3.05) is 19.6 Å². The molecule has 1 aromatic carbocycles. The molecule has 0 spiro atoms. The van der Waals surface area contributed by atoms with E-state index in [0.29, 0.717) is 5.56 Å².